The molecular formula is C27H33N3O4. The number of pyridine rings is 1. The van der Waals surface area contributed by atoms with Crippen LogP contribution in [0.5, 0.6) is 17.2 Å². The molecule has 34 heavy (non-hydrogen) atoms. The van der Waals surface area contributed by atoms with Crippen molar-refractivity contribution >= 4 is 5.82 Å². The van der Waals surface area contributed by atoms with Crippen LogP contribution in [-0.2, 0) is 17.8 Å². The molecule has 2 heterocycles. The van der Waals surface area contributed by atoms with Crippen LogP contribution in [0.4, 0.5) is 5.82 Å². The number of benzene rings is 2. The fraction of sp³-hybridized carbons (Fsp3) is 0.370. The molecule has 7 heteroatoms. The molecule has 0 aliphatic carbocycles. The van der Waals surface area contributed by atoms with Crippen molar-refractivity contribution in [1.29, 1.82) is 0 Å². The van der Waals surface area contributed by atoms with E-state index in [4.69, 9.17) is 23.9 Å². The van der Waals surface area contributed by atoms with Crippen molar-refractivity contribution in [2.24, 2.45) is 0 Å². The van der Waals surface area contributed by atoms with Crippen LogP contribution in [0.1, 0.15) is 11.1 Å². The Labute approximate surface area is 201 Å². The van der Waals surface area contributed by atoms with Crippen molar-refractivity contribution in [2.45, 2.75) is 13.1 Å². The van der Waals surface area contributed by atoms with Gasteiger partial charge in [-0.15, -0.1) is 0 Å². The number of hydrogen-bond acceptors (Lipinski definition) is 7. The van der Waals surface area contributed by atoms with Crippen LogP contribution in [0.15, 0.2) is 66.9 Å². The summed E-state index contributed by atoms with van der Waals surface area (Å²) in [7, 11) is 3.37. The monoisotopic (exact) mass is 463 g/mol. The molecule has 4 rings (SSSR count). The predicted octanol–water partition coefficient (Wildman–Crippen LogP) is 4.02. The summed E-state index contributed by atoms with van der Waals surface area (Å²) in [5.74, 6) is 3.34. The number of morpholine rings is 1. The third kappa shape index (κ3) is 6.85. The third-order valence-corrected chi connectivity index (χ3v) is 5.84. The van der Waals surface area contributed by atoms with E-state index in [1.807, 2.05) is 36.4 Å². The largest absolute Gasteiger partial charge is 0.497 e. The SMILES string of the molecule is COc1cccc(CN(Cc2cccc(OC)c2)c2ccc(OCCN3CCOCC3)cn2)c1. The maximum Gasteiger partial charge on any atom is 0.137 e. The minimum Gasteiger partial charge on any atom is -0.497 e. The summed E-state index contributed by atoms with van der Waals surface area (Å²) in [4.78, 5) is 9.32. The molecule has 1 saturated heterocycles. The van der Waals surface area contributed by atoms with E-state index >= 15 is 0 Å². The van der Waals surface area contributed by atoms with Gasteiger partial charge in [0.25, 0.3) is 0 Å². The standard InChI is InChI=1S/C27H33N3O4/c1-31-24-7-3-5-22(17-24)20-30(21-23-6-4-8-25(18-23)32-2)27-10-9-26(19-28-27)34-16-13-29-11-14-33-15-12-29/h3-10,17-19H,11-16,20-21H2,1-2H3. The lowest BCUT2D eigenvalue weighted by Gasteiger charge is -2.26. The molecule has 0 radical (unpaired) electrons. The fourth-order valence-corrected chi connectivity index (χ4v) is 3.96. The average molecular weight is 464 g/mol. The van der Waals surface area contributed by atoms with E-state index in [0.717, 1.165) is 67.0 Å². The lowest BCUT2D eigenvalue weighted by atomic mass is 10.1. The molecule has 0 spiro atoms. The number of nitrogens with zero attached hydrogens (tertiary/aromatic N) is 3. The summed E-state index contributed by atoms with van der Waals surface area (Å²) in [6.07, 6.45) is 1.80. The Morgan fingerprint density at radius 1 is 0.853 bits per heavy atom. The highest BCUT2D eigenvalue weighted by atomic mass is 16.5. The smallest absolute Gasteiger partial charge is 0.137 e. The minimum absolute atomic E-state index is 0.637. The summed E-state index contributed by atoms with van der Waals surface area (Å²) in [6, 6.07) is 20.3. The number of methoxy groups -OCH3 is 2. The molecule has 0 unspecified atom stereocenters. The van der Waals surface area contributed by atoms with Gasteiger partial charge in [-0.25, -0.2) is 4.98 Å². The zero-order valence-corrected chi connectivity index (χ0v) is 20.0. The molecule has 0 amide bonds. The Morgan fingerprint density at radius 3 is 2.06 bits per heavy atom. The van der Waals surface area contributed by atoms with Gasteiger partial charge in [-0.2, -0.15) is 0 Å². The Hall–Kier alpha value is -3.29. The van der Waals surface area contributed by atoms with Gasteiger partial charge in [0.05, 0.1) is 33.6 Å². The van der Waals surface area contributed by atoms with Crippen LogP contribution < -0.4 is 19.1 Å². The number of hydrogen-bond donors (Lipinski definition) is 0. The van der Waals surface area contributed by atoms with Crippen LogP contribution in [-0.4, -0.2) is 63.6 Å². The van der Waals surface area contributed by atoms with E-state index in [0.29, 0.717) is 19.7 Å². The average Bonchev–Trinajstić information content (AvgIpc) is 2.89. The number of rotatable bonds is 11. The van der Waals surface area contributed by atoms with Gasteiger partial charge in [0, 0.05) is 32.7 Å². The minimum atomic E-state index is 0.637. The number of aromatic nitrogens is 1. The molecule has 2 aromatic carbocycles. The normalized spacial score (nSPS) is 13.9. The zero-order chi connectivity index (χ0) is 23.6. The zero-order valence-electron chi connectivity index (χ0n) is 20.0. The number of anilines is 1. The van der Waals surface area contributed by atoms with Gasteiger partial charge in [0.1, 0.15) is 29.7 Å². The van der Waals surface area contributed by atoms with Gasteiger partial charge < -0.3 is 23.8 Å². The Morgan fingerprint density at radius 2 is 1.50 bits per heavy atom. The Kier molecular flexibility index (Phi) is 8.60. The van der Waals surface area contributed by atoms with E-state index in [2.05, 4.69) is 34.1 Å². The van der Waals surface area contributed by atoms with E-state index < -0.39 is 0 Å². The van der Waals surface area contributed by atoms with Gasteiger partial charge in [-0.05, 0) is 47.5 Å². The van der Waals surface area contributed by atoms with E-state index in [-0.39, 0.29) is 0 Å². The first-order valence-corrected chi connectivity index (χ1v) is 11.6. The molecule has 3 aromatic rings. The first kappa shape index (κ1) is 23.9. The fourth-order valence-electron chi connectivity index (χ4n) is 3.96. The highest BCUT2D eigenvalue weighted by Gasteiger charge is 2.13. The molecular weight excluding hydrogens is 430 g/mol. The van der Waals surface area contributed by atoms with E-state index in [9.17, 15) is 0 Å². The second-order valence-electron chi connectivity index (χ2n) is 8.21. The topological polar surface area (TPSA) is 56.3 Å². The highest BCUT2D eigenvalue weighted by Crippen LogP contribution is 2.23. The lowest BCUT2D eigenvalue weighted by Crippen LogP contribution is -2.38. The van der Waals surface area contributed by atoms with Crippen molar-refractivity contribution in [3.8, 4) is 17.2 Å². The van der Waals surface area contributed by atoms with Crippen molar-refractivity contribution in [2.75, 3.05) is 58.6 Å². The quantitative estimate of drug-likeness (QED) is 0.426. The summed E-state index contributed by atoms with van der Waals surface area (Å²) < 4.78 is 22.2. The van der Waals surface area contributed by atoms with Crippen molar-refractivity contribution in [3.05, 3.63) is 78.0 Å². The van der Waals surface area contributed by atoms with Gasteiger partial charge in [-0.1, -0.05) is 24.3 Å². The molecule has 180 valence electrons. The van der Waals surface area contributed by atoms with Crippen molar-refractivity contribution in [3.63, 3.8) is 0 Å². The second kappa shape index (κ2) is 12.3. The van der Waals surface area contributed by atoms with Crippen molar-refractivity contribution in [1.82, 2.24) is 9.88 Å². The lowest BCUT2D eigenvalue weighted by molar-refractivity contribution is 0.0322. The van der Waals surface area contributed by atoms with Crippen LogP contribution in [0, 0.1) is 0 Å². The summed E-state index contributed by atoms with van der Waals surface area (Å²) >= 11 is 0. The summed E-state index contributed by atoms with van der Waals surface area (Å²) in [5.41, 5.74) is 2.30. The van der Waals surface area contributed by atoms with Crippen LogP contribution in [0.25, 0.3) is 0 Å². The molecule has 0 saturated carbocycles. The maximum absolute atomic E-state index is 5.94. The molecule has 0 bridgehead atoms. The first-order valence-electron chi connectivity index (χ1n) is 11.6. The summed E-state index contributed by atoms with van der Waals surface area (Å²) in [5, 5.41) is 0. The molecule has 0 N–H and O–H groups in total. The van der Waals surface area contributed by atoms with Gasteiger partial charge in [-0.3, -0.25) is 4.90 Å². The molecule has 1 aliphatic rings. The molecule has 7 nitrogen and oxygen atoms in total. The predicted molar refractivity (Wildman–Crippen MR) is 133 cm³/mol. The number of ether oxygens (including phenoxy) is 4. The molecule has 1 aromatic heterocycles. The Bertz CT molecular complexity index is 973. The van der Waals surface area contributed by atoms with Crippen molar-refractivity contribution < 1.29 is 18.9 Å². The second-order valence-corrected chi connectivity index (χ2v) is 8.21. The summed E-state index contributed by atoms with van der Waals surface area (Å²) in [6.45, 7) is 6.44. The van der Waals surface area contributed by atoms with Crippen LogP contribution >= 0.6 is 0 Å². The van der Waals surface area contributed by atoms with Crippen LogP contribution in [0.2, 0.25) is 0 Å². The highest BCUT2D eigenvalue weighted by molar-refractivity contribution is 5.44. The van der Waals surface area contributed by atoms with E-state index in [1.165, 1.54) is 0 Å². The molecule has 0 atom stereocenters. The van der Waals surface area contributed by atoms with Gasteiger partial charge in [0.15, 0.2) is 0 Å². The Balaban J connectivity index is 1.45. The molecule has 1 fully saturated rings. The first-order chi connectivity index (χ1) is 16.7. The molecule has 1 aliphatic heterocycles. The maximum atomic E-state index is 5.94. The third-order valence-electron chi connectivity index (χ3n) is 5.84. The van der Waals surface area contributed by atoms with Gasteiger partial charge in [0.2, 0.25) is 0 Å². The van der Waals surface area contributed by atoms with Crippen LogP contribution in [0.3, 0.4) is 0 Å². The van der Waals surface area contributed by atoms with Gasteiger partial charge >= 0.3 is 0 Å². The van der Waals surface area contributed by atoms with E-state index in [1.54, 1.807) is 20.4 Å².